The molecule has 0 N–H and O–H groups in total. The first-order valence-corrected chi connectivity index (χ1v) is 7.54. The predicted molar refractivity (Wildman–Crippen MR) is 73.8 cm³/mol. The van der Waals surface area contributed by atoms with Crippen molar-refractivity contribution in [1.82, 2.24) is 4.90 Å². The quantitative estimate of drug-likeness (QED) is 0.768. The van der Waals surface area contributed by atoms with Crippen molar-refractivity contribution < 1.29 is 9.53 Å². The van der Waals surface area contributed by atoms with Gasteiger partial charge in [-0.05, 0) is 44.9 Å². The van der Waals surface area contributed by atoms with E-state index in [0.717, 1.165) is 32.4 Å². The van der Waals surface area contributed by atoms with Crippen molar-refractivity contribution in [3.63, 3.8) is 0 Å². The Labute approximate surface area is 113 Å². The molecule has 2 rings (SSSR count). The van der Waals surface area contributed by atoms with Crippen LogP contribution < -0.4 is 0 Å². The number of aryl methyl sites for hydroxylation is 1. The van der Waals surface area contributed by atoms with Crippen molar-refractivity contribution in [3.8, 4) is 0 Å². The lowest BCUT2D eigenvalue weighted by Crippen LogP contribution is -2.36. The van der Waals surface area contributed by atoms with Gasteiger partial charge in [-0.1, -0.05) is 6.92 Å². The zero-order chi connectivity index (χ0) is 13.0. The molecule has 0 spiro atoms. The fourth-order valence-corrected chi connectivity index (χ4v) is 3.40. The highest BCUT2D eigenvalue weighted by Gasteiger charge is 2.31. The van der Waals surface area contributed by atoms with Crippen molar-refractivity contribution in [2.24, 2.45) is 0 Å². The SMILES string of the molecule is CCOC(=O)C1CCCN1Cc1ccc(CC)s1. The predicted octanol–water partition coefficient (Wildman–Crippen LogP) is 2.84. The number of ether oxygens (including phenoxy) is 1. The van der Waals surface area contributed by atoms with Crippen molar-refractivity contribution in [3.05, 3.63) is 21.9 Å². The molecule has 0 radical (unpaired) electrons. The largest absolute Gasteiger partial charge is 0.465 e. The standard InChI is InChI=1S/C14H21NO2S/c1-3-11-7-8-12(18-11)10-15-9-5-6-13(15)14(16)17-4-2/h7-8,13H,3-6,9-10H2,1-2H3. The van der Waals surface area contributed by atoms with E-state index in [1.54, 1.807) is 0 Å². The normalized spacial score (nSPS) is 20.2. The summed E-state index contributed by atoms with van der Waals surface area (Å²) in [4.78, 5) is 16.9. The second-order valence-corrected chi connectivity index (χ2v) is 5.86. The molecule has 1 atom stereocenters. The molecule has 1 unspecified atom stereocenters. The van der Waals surface area contributed by atoms with Crippen molar-refractivity contribution in [2.45, 2.75) is 45.7 Å². The third-order valence-electron chi connectivity index (χ3n) is 3.35. The molecule has 1 fully saturated rings. The highest BCUT2D eigenvalue weighted by atomic mass is 32.1. The summed E-state index contributed by atoms with van der Waals surface area (Å²) in [5, 5.41) is 0. The van der Waals surface area contributed by atoms with Gasteiger partial charge >= 0.3 is 5.97 Å². The van der Waals surface area contributed by atoms with E-state index in [1.807, 2.05) is 18.3 Å². The minimum absolute atomic E-state index is 0.0304. The van der Waals surface area contributed by atoms with E-state index in [0.29, 0.717) is 6.61 Å². The van der Waals surface area contributed by atoms with Crippen LogP contribution in [0.2, 0.25) is 0 Å². The van der Waals surface area contributed by atoms with E-state index >= 15 is 0 Å². The average molecular weight is 267 g/mol. The number of carbonyl (C=O) groups excluding carboxylic acids is 1. The number of thiophene rings is 1. The summed E-state index contributed by atoms with van der Waals surface area (Å²) in [7, 11) is 0. The topological polar surface area (TPSA) is 29.5 Å². The van der Waals surface area contributed by atoms with Crippen molar-refractivity contribution in [2.75, 3.05) is 13.2 Å². The Kier molecular flexibility index (Phi) is 4.78. The van der Waals surface area contributed by atoms with E-state index in [2.05, 4.69) is 24.0 Å². The van der Waals surface area contributed by atoms with Gasteiger partial charge in [-0.2, -0.15) is 0 Å². The zero-order valence-electron chi connectivity index (χ0n) is 11.1. The summed E-state index contributed by atoms with van der Waals surface area (Å²) in [6.07, 6.45) is 3.12. The Hall–Kier alpha value is -0.870. The Morgan fingerprint density at radius 3 is 2.89 bits per heavy atom. The Bertz CT molecular complexity index is 402. The second kappa shape index (κ2) is 6.34. The maximum atomic E-state index is 11.8. The van der Waals surface area contributed by atoms with Gasteiger partial charge in [-0.15, -0.1) is 11.3 Å². The molecule has 0 saturated carbocycles. The molecule has 0 bridgehead atoms. The van der Waals surface area contributed by atoms with E-state index in [-0.39, 0.29) is 12.0 Å². The highest BCUT2D eigenvalue weighted by Crippen LogP contribution is 2.24. The van der Waals surface area contributed by atoms with Crippen LogP contribution in [0.1, 0.15) is 36.4 Å². The van der Waals surface area contributed by atoms with Gasteiger partial charge in [0.15, 0.2) is 0 Å². The van der Waals surface area contributed by atoms with Gasteiger partial charge in [0.2, 0.25) is 0 Å². The lowest BCUT2D eigenvalue weighted by molar-refractivity contribution is -0.148. The van der Waals surface area contributed by atoms with Crippen LogP contribution >= 0.6 is 11.3 Å². The van der Waals surface area contributed by atoms with E-state index < -0.39 is 0 Å². The van der Waals surface area contributed by atoms with Crippen LogP contribution in [0.15, 0.2) is 12.1 Å². The Morgan fingerprint density at radius 1 is 1.44 bits per heavy atom. The summed E-state index contributed by atoms with van der Waals surface area (Å²) in [5.41, 5.74) is 0. The molecular formula is C14H21NO2S. The number of hydrogen-bond donors (Lipinski definition) is 0. The Balaban J connectivity index is 1.97. The molecule has 1 aliphatic heterocycles. The second-order valence-electron chi connectivity index (χ2n) is 4.60. The maximum Gasteiger partial charge on any atom is 0.323 e. The van der Waals surface area contributed by atoms with Crippen LogP contribution in [0.5, 0.6) is 0 Å². The van der Waals surface area contributed by atoms with E-state index in [1.165, 1.54) is 9.75 Å². The molecule has 0 aromatic carbocycles. The molecule has 0 aliphatic carbocycles. The molecule has 18 heavy (non-hydrogen) atoms. The monoisotopic (exact) mass is 267 g/mol. The molecule has 1 aliphatic rings. The van der Waals surface area contributed by atoms with Gasteiger partial charge < -0.3 is 4.74 Å². The number of nitrogens with zero attached hydrogens (tertiary/aromatic N) is 1. The first-order chi connectivity index (χ1) is 8.74. The summed E-state index contributed by atoms with van der Waals surface area (Å²) < 4.78 is 5.14. The van der Waals surface area contributed by atoms with Crippen molar-refractivity contribution in [1.29, 1.82) is 0 Å². The van der Waals surface area contributed by atoms with Gasteiger partial charge in [0.1, 0.15) is 6.04 Å². The lowest BCUT2D eigenvalue weighted by Gasteiger charge is -2.21. The molecule has 3 nitrogen and oxygen atoms in total. The zero-order valence-corrected chi connectivity index (χ0v) is 12.0. The van der Waals surface area contributed by atoms with Gasteiger partial charge in [0, 0.05) is 16.3 Å². The number of esters is 1. The van der Waals surface area contributed by atoms with Gasteiger partial charge in [-0.25, -0.2) is 0 Å². The minimum Gasteiger partial charge on any atom is -0.465 e. The first kappa shape index (κ1) is 13.6. The summed E-state index contributed by atoms with van der Waals surface area (Å²) >= 11 is 1.85. The number of rotatable bonds is 5. The van der Waals surface area contributed by atoms with E-state index in [4.69, 9.17) is 4.74 Å². The molecular weight excluding hydrogens is 246 g/mol. The lowest BCUT2D eigenvalue weighted by atomic mass is 10.2. The first-order valence-electron chi connectivity index (χ1n) is 6.72. The van der Waals surface area contributed by atoms with Gasteiger partial charge in [-0.3, -0.25) is 9.69 Å². The number of carbonyl (C=O) groups is 1. The van der Waals surface area contributed by atoms with Crippen LogP contribution in [0, 0.1) is 0 Å². The van der Waals surface area contributed by atoms with E-state index in [9.17, 15) is 4.79 Å². The van der Waals surface area contributed by atoms with Crippen LogP contribution in [0.4, 0.5) is 0 Å². The molecule has 2 heterocycles. The highest BCUT2D eigenvalue weighted by molar-refractivity contribution is 7.11. The van der Waals surface area contributed by atoms with Crippen LogP contribution in [-0.2, 0) is 22.5 Å². The smallest absolute Gasteiger partial charge is 0.323 e. The third-order valence-corrected chi connectivity index (χ3v) is 4.56. The molecule has 0 amide bonds. The minimum atomic E-state index is -0.0535. The molecule has 4 heteroatoms. The number of hydrogen-bond acceptors (Lipinski definition) is 4. The van der Waals surface area contributed by atoms with Gasteiger partial charge in [0.25, 0.3) is 0 Å². The van der Waals surface area contributed by atoms with Crippen molar-refractivity contribution >= 4 is 17.3 Å². The Morgan fingerprint density at radius 2 is 2.22 bits per heavy atom. The average Bonchev–Trinajstić information content (AvgIpc) is 2.99. The maximum absolute atomic E-state index is 11.8. The van der Waals surface area contributed by atoms with Crippen LogP contribution in [0.25, 0.3) is 0 Å². The van der Waals surface area contributed by atoms with Crippen LogP contribution in [0.3, 0.4) is 0 Å². The molecule has 1 aromatic heterocycles. The fraction of sp³-hybridized carbons (Fsp3) is 0.643. The molecule has 1 aromatic rings. The third kappa shape index (κ3) is 3.12. The summed E-state index contributed by atoms with van der Waals surface area (Å²) in [6.45, 7) is 6.40. The van der Waals surface area contributed by atoms with Crippen LogP contribution in [-0.4, -0.2) is 30.1 Å². The van der Waals surface area contributed by atoms with Gasteiger partial charge in [0.05, 0.1) is 6.61 Å². The number of likely N-dealkylation sites (tertiary alicyclic amines) is 1. The molecule has 1 saturated heterocycles. The summed E-state index contributed by atoms with van der Waals surface area (Å²) in [6, 6.07) is 4.34. The molecule has 100 valence electrons. The summed E-state index contributed by atoms with van der Waals surface area (Å²) in [5.74, 6) is -0.0535. The fourth-order valence-electron chi connectivity index (χ4n) is 2.42.